The highest BCUT2D eigenvalue weighted by molar-refractivity contribution is 5.93. The first-order valence-electron chi connectivity index (χ1n) is 6.25. The number of aromatic amines is 1. The Morgan fingerprint density at radius 1 is 1.50 bits per heavy atom. The van der Waals surface area contributed by atoms with Crippen molar-refractivity contribution >= 4 is 5.91 Å². The first kappa shape index (κ1) is 14.4. The number of pyridine rings is 1. The monoisotopic (exact) mass is 252 g/mol. The van der Waals surface area contributed by atoms with Gasteiger partial charge in [0.2, 0.25) is 5.56 Å². The largest absolute Gasteiger partial charge is 0.396 e. The van der Waals surface area contributed by atoms with E-state index in [1.807, 2.05) is 0 Å². The van der Waals surface area contributed by atoms with Crippen LogP contribution in [-0.2, 0) is 0 Å². The molecule has 1 aromatic heterocycles. The molecule has 0 spiro atoms. The first-order chi connectivity index (χ1) is 8.67. The zero-order valence-electron chi connectivity index (χ0n) is 10.6. The lowest BCUT2D eigenvalue weighted by molar-refractivity contribution is 0.0942. The Hall–Kier alpha value is -1.62. The molecule has 0 fully saturated rings. The van der Waals surface area contributed by atoms with E-state index in [0.29, 0.717) is 18.5 Å². The molecule has 5 heteroatoms. The van der Waals surface area contributed by atoms with Gasteiger partial charge in [0.1, 0.15) is 0 Å². The lowest BCUT2D eigenvalue weighted by Crippen LogP contribution is -2.30. The number of rotatable bonds is 7. The predicted octanol–water partition coefficient (Wildman–Crippen LogP) is 0.903. The molecule has 1 rings (SSSR count). The van der Waals surface area contributed by atoms with Gasteiger partial charge in [0.05, 0.1) is 0 Å². The van der Waals surface area contributed by atoms with Crippen LogP contribution in [-0.4, -0.2) is 29.1 Å². The number of nitrogens with one attached hydrogen (secondary N) is 2. The van der Waals surface area contributed by atoms with Gasteiger partial charge in [-0.1, -0.05) is 13.3 Å². The number of carbonyl (C=O) groups excluding carboxylic acids is 1. The van der Waals surface area contributed by atoms with Crippen LogP contribution in [0.15, 0.2) is 23.1 Å². The third kappa shape index (κ3) is 4.71. The standard InChI is InChI=1S/C13H20N2O3/c1-2-3-10(5-7-16)9-15-13(18)11-4-6-14-12(17)8-11/h4,6,8,10,16H,2-3,5,7,9H2,1H3,(H,14,17)(H,15,18). The summed E-state index contributed by atoms with van der Waals surface area (Å²) in [6.45, 7) is 2.73. The van der Waals surface area contributed by atoms with E-state index in [0.717, 1.165) is 12.8 Å². The third-order valence-electron chi connectivity index (χ3n) is 2.82. The second-order valence-electron chi connectivity index (χ2n) is 4.32. The van der Waals surface area contributed by atoms with Crippen molar-refractivity contribution in [2.24, 2.45) is 5.92 Å². The second kappa shape index (κ2) is 7.66. The molecule has 0 aliphatic rings. The average Bonchev–Trinajstić information content (AvgIpc) is 2.36. The number of carbonyl (C=O) groups is 1. The highest BCUT2D eigenvalue weighted by atomic mass is 16.3. The molecule has 1 heterocycles. The van der Waals surface area contributed by atoms with Crippen molar-refractivity contribution < 1.29 is 9.90 Å². The molecule has 0 radical (unpaired) electrons. The highest BCUT2D eigenvalue weighted by Crippen LogP contribution is 2.09. The molecular weight excluding hydrogens is 232 g/mol. The summed E-state index contributed by atoms with van der Waals surface area (Å²) >= 11 is 0. The summed E-state index contributed by atoms with van der Waals surface area (Å²) in [6, 6.07) is 2.84. The molecule has 0 aliphatic carbocycles. The molecular formula is C13H20N2O3. The van der Waals surface area contributed by atoms with Crippen LogP contribution >= 0.6 is 0 Å². The van der Waals surface area contributed by atoms with Crippen molar-refractivity contribution in [1.29, 1.82) is 0 Å². The average molecular weight is 252 g/mol. The molecule has 0 aromatic carbocycles. The number of hydrogen-bond donors (Lipinski definition) is 3. The maximum atomic E-state index is 11.8. The summed E-state index contributed by atoms with van der Waals surface area (Å²) in [5.74, 6) is 0.0334. The Kier molecular flexibility index (Phi) is 6.14. The van der Waals surface area contributed by atoms with Gasteiger partial charge in [-0.05, 0) is 24.8 Å². The fourth-order valence-electron chi connectivity index (χ4n) is 1.86. The Balaban J connectivity index is 2.51. The molecule has 1 atom stereocenters. The minimum absolute atomic E-state index is 0.130. The van der Waals surface area contributed by atoms with Crippen molar-refractivity contribution in [2.45, 2.75) is 26.2 Å². The fraction of sp³-hybridized carbons (Fsp3) is 0.538. The van der Waals surface area contributed by atoms with Crippen LogP contribution in [0.5, 0.6) is 0 Å². The van der Waals surface area contributed by atoms with E-state index >= 15 is 0 Å². The molecule has 0 bridgehead atoms. The van der Waals surface area contributed by atoms with E-state index < -0.39 is 0 Å². The van der Waals surface area contributed by atoms with Gasteiger partial charge in [0, 0.05) is 31.0 Å². The van der Waals surface area contributed by atoms with Crippen LogP contribution in [0.3, 0.4) is 0 Å². The van der Waals surface area contributed by atoms with E-state index in [1.165, 1.54) is 12.3 Å². The van der Waals surface area contributed by atoms with Crippen LogP contribution in [0, 0.1) is 5.92 Å². The van der Waals surface area contributed by atoms with Crippen molar-refractivity contribution in [3.05, 3.63) is 34.2 Å². The second-order valence-corrected chi connectivity index (χ2v) is 4.32. The zero-order chi connectivity index (χ0) is 13.4. The van der Waals surface area contributed by atoms with E-state index in [4.69, 9.17) is 5.11 Å². The van der Waals surface area contributed by atoms with E-state index in [1.54, 1.807) is 6.07 Å². The molecule has 5 nitrogen and oxygen atoms in total. The van der Waals surface area contributed by atoms with Gasteiger partial charge in [-0.25, -0.2) is 0 Å². The molecule has 18 heavy (non-hydrogen) atoms. The Morgan fingerprint density at radius 2 is 2.28 bits per heavy atom. The van der Waals surface area contributed by atoms with Gasteiger partial charge in [-0.15, -0.1) is 0 Å². The highest BCUT2D eigenvalue weighted by Gasteiger charge is 2.10. The van der Waals surface area contributed by atoms with Crippen LogP contribution in [0.25, 0.3) is 0 Å². The first-order valence-corrected chi connectivity index (χ1v) is 6.25. The molecule has 1 unspecified atom stereocenters. The summed E-state index contributed by atoms with van der Waals surface area (Å²) in [5.41, 5.74) is 0.0705. The summed E-state index contributed by atoms with van der Waals surface area (Å²) in [7, 11) is 0. The molecule has 1 aromatic rings. The summed E-state index contributed by atoms with van der Waals surface area (Å²) < 4.78 is 0. The summed E-state index contributed by atoms with van der Waals surface area (Å²) in [4.78, 5) is 25.3. The Labute approximate surface area is 106 Å². The smallest absolute Gasteiger partial charge is 0.251 e. The summed E-state index contributed by atoms with van der Waals surface area (Å²) in [5, 5.41) is 11.7. The molecule has 3 N–H and O–H groups in total. The van der Waals surface area contributed by atoms with Crippen molar-refractivity contribution in [2.75, 3.05) is 13.2 Å². The molecule has 1 amide bonds. The zero-order valence-corrected chi connectivity index (χ0v) is 10.6. The van der Waals surface area contributed by atoms with Crippen molar-refractivity contribution in [3.63, 3.8) is 0 Å². The van der Waals surface area contributed by atoms with Gasteiger partial charge >= 0.3 is 0 Å². The quantitative estimate of drug-likeness (QED) is 0.674. The number of aliphatic hydroxyl groups excluding tert-OH is 1. The number of H-pyrrole nitrogens is 1. The summed E-state index contributed by atoms with van der Waals surface area (Å²) in [6.07, 6.45) is 4.12. The minimum Gasteiger partial charge on any atom is -0.396 e. The van der Waals surface area contributed by atoms with Gasteiger partial charge in [0.25, 0.3) is 5.91 Å². The maximum Gasteiger partial charge on any atom is 0.251 e. The Morgan fingerprint density at radius 3 is 2.89 bits per heavy atom. The van der Waals surface area contributed by atoms with E-state index in [9.17, 15) is 9.59 Å². The molecule has 100 valence electrons. The molecule has 0 aliphatic heterocycles. The number of hydrogen-bond acceptors (Lipinski definition) is 3. The van der Waals surface area contributed by atoms with E-state index in [-0.39, 0.29) is 24.0 Å². The van der Waals surface area contributed by atoms with Gasteiger partial charge in [-0.2, -0.15) is 0 Å². The van der Waals surface area contributed by atoms with Crippen molar-refractivity contribution in [1.82, 2.24) is 10.3 Å². The Bertz CT molecular complexity index is 422. The van der Waals surface area contributed by atoms with Crippen LogP contribution in [0.1, 0.15) is 36.5 Å². The lowest BCUT2D eigenvalue weighted by Gasteiger charge is -2.15. The van der Waals surface area contributed by atoms with Gasteiger partial charge in [-0.3, -0.25) is 9.59 Å². The van der Waals surface area contributed by atoms with Gasteiger partial charge < -0.3 is 15.4 Å². The molecule has 0 saturated carbocycles. The van der Waals surface area contributed by atoms with Gasteiger partial charge in [0.15, 0.2) is 0 Å². The number of aromatic nitrogens is 1. The minimum atomic E-state index is -0.289. The van der Waals surface area contributed by atoms with E-state index in [2.05, 4.69) is 17.2 Å². The maximum absolute atomic E-state index is 11.8. The lowest BCUT2D eigenvalue weighted by atomic mass is 10.00. The third-order valence-corrected chi connectivity index (χ3v) is 2.82. The predicted molar refractivity (Wildman–Crippen MR) is 69.5 cm³/mol. The normalized spacial score (nSPS) is 12.1. The molecule has 0 saturated heterocycles. The topological polar surface area (TPSA) is 82.2 Å². The van der Waals surface area contributed by atoms with Crippen LogP contribution in [0.4, 0.5) is 0 Å². The fourth-order valence-corrected chi connectivity index (χ4v) is 1.86. The van der Waals surface area contributed by atoms with Crippen LogP contribution in [0.2, 0.25) is 0 Å². The SMILES string of the molecule is CCCC(CCO)CNC(=O)c1cc[nH]c(=O)c1. The number of amides is 1. The van der Waals surface area contributed by atoms with Crippen LogP contribution < -0.4 is 10.9 Å². The number of aliphatic hydroxyl groups is 1. The van der Waals surface area contributed by atoms with Crippen molar-refractivity contribution in [3.8, 4) is 0 Å².